The molecule has 0 fully saturated rings. The first kappa shape index (κ1) is 11.1. The molecule has 0 saturated carbocycles. The van der Waals surface area contributed by atoms with Crippen molar-refractivity contribution >= 4 is 22.0 Å². The molecule has 0 bridgehead atoms. The zero-order chi connectivity index (χ0) is 13.5. The Labute approximate surface area is 115 Å². The summed E-state index contributed by atoms with van der Waals surface area (Å²) in [5.41, 5.74) is 4.66. The van der Waals surface area contributed by atoms with Crippen LogP contribution in [0.15, 0.2) is 53.3 Å². The van der Waals surface area contributed by atoms with E-state index in [0.717, 1.165) is 33.1 Å². The van der Waals surface area contributed by atoms with Crippen molar-refractivity contribution in [2.75, 3.05) is 0 Å². The van der Waals surface area contributed by atoms with Crippen molar-refractivity contribution in [1.82, 2.24) is 15.0 Å². The van der Waals surface area contributed by atoms with Crippen LogP contribution in [-0.4, -0.2) is 15.0 Å². The van der Waals surface area contributed by atoms with E-state index in [4.69, 9.17) is 4.42 Å². The Morgan fingerprint density at radius 3 is 2.95 bits per heavy atom. The summed E-state index contributed by atoms with van der Waals surface area (Å²) in [6.45, 7) is 1.85. The second-order valence-electron chi connectivity index (χ2n) is 4.67. The summed E-state index contributed by atoms with van der Waals surface area (Å²) in [4.78, 5) is 12.9. The molecule has 96 valence electrons. The van der Waals surface area contributed by atoms with Gasteiger partial charge in [0.2, 0.25) is 0 Å². The number of pyridine rings is 2. The summed E-state index contributed by atoms with van der Waals surface area (Å²) < 4.78 is 5.59. The molecule has 0 atom stereocenters. The van der Waals surface area contributed by atoms with Crippen molar-refractivity contribution in [2.45, 2.75) is 6.92 Å². The molecule has 0 spiro atoms. The van der Waals surface area contributed by atoms with Crippen LogP contribution >= 0.6 is 0 Å². The van der Waals surface area contributed by atoms with E-state index in [1.165, 1.54) is 0 Å². The minimum atomic E-state index is 0.676. The van der Waals surface area contributed by atoms with E-state index in [1.807, 2.05) is 37.4 Å². The van der Waals surface area contributed by atoms with E-state index in [0.29, 0.717) is 5.89 Å². The molecule has 0 aliphatic rings. The van der Waals surface area contributed by atoms with Gasteiger partial charge in [0.1, 0.15) is 5.52 Å². The third-order valence-electron chi connectivity index (χ3n) is 3.34. The lowest BCUT2D eigenvalue weighted by Gasteiger charge is -2.05. The zero-order valence-electron chi connectivity index (χ0n) is 10.9. The van der Waals surface area contributed by atoms with E-state index >= 15 is 0 Å². The van der Waals surface area contributed by atoms with Crippen LogP contribution in [0.4, 0.5) is 0 Å². The van der Waals surface area contributed by atoms with Gasteiger partial charge in [0, 0.05) is 30.3 Å². The topological polar surface area (TPSA) is 51.8 Å². The first-order valence-electron chi connectivity index (χ1n) is 6.37. The predicted octanol–water partition coefficient (Wildman–Crippen LogP) is 3.75. The van der Waals surface area contributed by atoms with Crippen LogP contribution in [0.25, 0.3) is 33.1 Å². The van der Waals surface area contributed by atoms with Crippen LogP contribution < -0.4 is 0 Å². The lowest BCUT2D eigenvalue weighted by atomic mass is 10.0. The van der Waals surface area contributed by atoms with E-state index in [1.54, 1.807) is 12.4 Å². The highest BCUT2D eigenvalue weighted by atomic mass is 16.3. The summed E-state index contributed by atoms with van der Waals surface area (Å²) in [5, 5.41) is 1.08. The first-order valence-corrected chi connectivity index (χ1v) is 6.37. The van der Waals surface area contributed by atoms with Crippen molar-refractivity contribution < 1.29 is 4.42 Å². The highest BCUT2D eigenvalue weighted by Gasteiger charge is 2.08. The van der Waals surface area contributed by atoms with Crippen molar-refractivity contribution in [3.8, 4) is 11.1 Å². The Kier molecular flexibility index (Phi) is 2.29. The maximum absolute atomic E-state index is 5.59. The lowest BCUT2D eigenvalue weighted by molar-refractivity contribution is 0.561. The molecular weight excluding hydrogens is 250 g/mol. The van der Waals surface area contributed by atoms with E-state index in [-0.39, 0.29) is 0 Å². The number of rotatable bonds is 1. The van der Waals surface area contributed by atoms with Gasteiger partial charge in [-0.15, -0.1) is 0 Å². The molecule has 0 unspecified atom stereocenters. The van der Waals surface area contributed by atoms with Gasteiger partial charge >= 0.3 is 0 Å². The molecule has 4 aromatic rings. The summed E-state index contributed by atoms with van der Waals surface area (Å²) in [7, 11) is 0. The number of oxazole rings is 1. The van der Waals surface area contributed by atoms with Crippen LogP contribution in [0.3, 0.4) is 0 Å². The molecule has 1 aromatic carbocycles. The van der Waals surface area contributed by atoms with Gasteiger partial charge in [0.15, 0.2) is 11.5 Å². The Hall–Kier alpha value is -2.75. The molecule has 4 heteroatoms. The van der Waals surface area contributed by atoms with Gasteiger partial charge in [-0.3, -0.25) is 9.97 Å². The molecule has 0 aliphatic heterocycles. The molecular formula is C16H11N3O. The van der Waals surface area contributed by atoms with Crippen molar-refractivity contribution in [3.05, 3.63) is 54.8 Å². The van der Waals surface area contributed by atoms with Gasteiger partial charge in [-0.1, -0.05) is 12.1 Å². The number of benzene rings is 1. The van der Waals surface area contributed by atoms with Crippen molar-refractivity contribution in [1.29, 1.82) is 0 Å². The fraction of sp³-hybridized carbons (Fsp3) is 0.0625. The third kappa shape index (κ3) is 1.66. The molecule has 4 nitrogen and oxygen atoms in total. The first-order chi connectivity index (χ1) is 9.81. The van der Waals surface area contributed by atoms with Crippen molar-refractivity contribution in [3.63, 3.8) is 0 Å². The van der Waals surface area contributed by atoms with Gasteiger partial charge < -0.3 is 4.42 Å². The highest BCUT2D eigenvalue weighted by molar-refractivity contribution is 5.95. The molecule has 0 aliphatic carbocycles. The normalized spacial score (nSPS) is 11.2. The molecule has 0 amide bonds. The molecule has 0 N–H and O–H groups in total. The Bertz CT molecular complexity index is 922. The van der Waals surface area contributed by atoms with Crippen LogP contribution in [0.5, 0.6) is 0 Å². The number of hydrogen-bond donors (Lipinski definition) is 0. The van der Waals surface area contributed by atoms with Crippen molar-refractivity contribution in [2.24, 2.45) is 0 Å². The fourth-order valence-corrected chi connectivity index (χ4v) is 2.44. The fourth-order valence-electron chi connectivity index (χ4n) is 2.44. The van der Waals surface area contributed by atoms with Crippen LogP contribution in [0.2, 0.25) is 0 Å². The van der Waals surface area contributed by atoms with Crippen LogP contribution in [-0.2, 0) is 0 Å². The Balaban J connectivity index is 2.00. The number of fused-ring (bicyclic) bond motifs is 2. The number of aromatic nitrogens is 3. The maximum atomic E-state index is 5.59. The highest BCUT2D eigenvalue weighted by Crippen LogP contribution is 2.29. The number of hydrogen-bond acceptors (Lipinski definition) is 4. The summed E-state index contributed by atoms with van der Waals surface area (Å²) in [6.07, 6.45) is 5.40. The molecule has 3 heterocycles. The quantitative estimate of drug-likeness (QED) is 0.523. The minimum absolute atomic E-state index is 0.676. The van der Waals surface area contributed by atoms with Crippen LogP contribution in [0, 0.1) is 6.92 Å². The molecule has 0 saturated heterocycles. The van der Waals surface area contributed by atoms with Gasteiger partial charge in [-0.05, 0) is 23.8 Å². The standard InChI is InChI=1S/C16H11N3O/c1-10-19-14-5-4-11(7-16(14)20-10)13-8-17-9-15-12(13)3-2-6-18-15/h2-9H,1H3. The monoisotopic (exact) mass is 261 g/mol. The van der Waals surface area contributed by atoms with E-state index in [2.05, 4.69) is 21.0 Å². The van der Waals surface area contributed by atoms with Gasteiger partial charge in [-0.25, -0.2) is 4.98 Å². The molecule has 4 rings (SSSR count). The summed E-state index contributed by atoms with van der Waals surface area (Å²) >= 11 is 0. The predicted molar refractivity (Wildman–Crippen MR) is 77.3 cm³/mol. The minimum Gasteiger partial charge on any atom is -0.441 e. The summed E-state index contributed by atoms with van der Waals surface area (Å²) in [6, 6.07) is 9.99. The molecule has 0 radical (unpaired) electrons. The van der Waals surface area contributed by atoms with E-state index < -0.39 is 0 Å². The number of nitrogens with zero attached hydrogens (tertiary/aromatic N) is 3. The van der Waals surface area contributed by atoms with Gasteiger partial charge in [-0.2, -0.15) is 0 Å². The van der Waals surface area contributed by atoms with E-state index in [9.17, 15) is 0 Å². The van der Waals surface area contributed by atoms with Gasteiger partial charge in [0.05, 0.1) is 11.7 Å². The summed E-state index contributed by atoms with van der Waals surface area (Å²) in [5.74, 6) is 0.676. The lowest BCUT2D eigenvalue weighted by Crippen LogP contribution is -1.85. The van der Waals surface area contributed by atoms with Crippen LogP contribution in [0.1, 0.15) is 5.89 Å². The Morgan fingerprint density at radius 1 is 1.05 bits per heavy atom. The Morgan fingerprint density at radius 2 is 2.00 bits per heavy atom. The SMILES string of the molecule is Cc1nc2ccc(-c3cncc4ncccc34)cc2o1. The second kappa shape index (κ2) is 4.13. The largest absolute Gasteiger partial charge is 0.441 e. The maximum Gasteiger partial charge on any atom is 0.192 e. The van der Waals surface area contributed by atoms with Gasteiger partial charge in [0.25, 0.3) is 0 Å². The average Bonchev–Trinajstić information content (AvgIpc) is 2.85. The second-order valence-corrected chi connectivity index (χ2v) is 4.67. The zero-order valence-corrected chi connectivity index (χ0v) is 10.9. The average molecular weight is 261 g/mol. The smallest absolute Gasteiger partial charge is 0.192 e. The molecule has 20 heavy (non-hydrogen) atoms. The molecule has 3 aromatic heterocycles. The number of aryl methyl sites for hydroxylation is 1. The third-order valence-corrected chi connectivity index (χ3v) is 3.34.